The number of methoxy groups -OCH3 is 1. The molecule has 9 nitrogen and oxygen atoms in total. The van der Waals surface area contributed by atoms with Crippen molar-refractivity contribution >= 4 is 5.97 Å². The summed E-state index contributed by atoms with van der Waals surface area (Å²) < 4.78 is 42.8. The van der Waals surface area contributed by atoms with Crippen LogP contribution in [-0.2, 0) is 33.2 Å². The van der Waals surface area contributed by atoms with E-state index in [4.69, 9.17) is 33.2 Å². The van der Waals surface area contributed by atoms with E-state index in [-0.39, 0.29) is 0 Å². The van der Waals surface area contributed by atoms with Crippen molar-refractivity contribution in [1.29, 1.82) is 0 Å². The zero-order valence-electron chi connectivity index (χ0n) is 20.3. The maximum Gasteiger partial charge on any atom is 0.338 e. The van der Waals surface area contributed by atoms with Crippen LogP contribution in [0.2, 0.25) is 0 Å². The Morgan fingerprint density at radius 1 is 0.912 bits per heavy atom. The highest BCUT2D eigenvalue weighted by Gasteiger charge is 2.76. The van der Waals surface area contributed by atoms with Gasteiger partial charge in [0.05, 0.1) is 5.56 Å². The Bertz CT molecular complexity index is 876. The lowest BCUT2D eigenvalue weighted by molar-refractivity contribution is -0.306. The molecule has 6 atom stereocenters. The highest BCUT2D eigenvalue weighted by molar-refractivity contribution is 5.89. The van der Waals surface area contributed by atoms with Crippen molar-refractivity contribution in [3.8, 4) is 0 Å². The van der Waals surface area contributed by atoms with E-state index >= 15 is 0 Å². The van der Waals surface area contributed by atoms with E-state index in [1.165, 1.54) is 0 Å². The van der Waals surface area contributed by atoms with Crippen LogP contribution in [0.1, 0.15) is 50.9 Å². The van der Waals surface area contributed by atoms with E-state index in [1.807, 2.05) is 6.07 Å². The standard InChI is InChI=1S/C25H34O9/c1-22(2)31-17-16(30-21(26)15-9-7-6-8-10-15)18-20(34-23(3,4)32-18)25(27,19(17)33-22)24(28-5)11-13-29-14-12-24/h6-10,16-20,27H,11-14H2,1-5H3/t16?,17-,18-,19-,20+,25?/m0/s1. The lowest BCUT2D eigenvalue weighted by atomic mass is 9.63. The number of hydrogen-bond acceptors (Lipinski definition) is 9. The minimum Gasteiger partial charge on any atom is -0.453 e. The van der Waals surface area contributed by atoms with Gasteiger partial charge in [-0.15, -0.1) is 0 Å². The summed E-state index contributed by atoms with van der Waals surface area (Å²) in [4.78, 5) is 13.1. The molecule has 0 spiro atoms. The molecule has 1 N–H and O–H groups in total. The monoisotopic (exact) mass is 478 g/mol. The van der Waals surface area contributed by atoms with Crippen LogP contribution in [0.25, 0.3) is 0 Å². The van der Waals surface area contributed by atoms with Crippen LogP contribution in [0.15, 0.2) is 30.3 Å². The summed E-state index contributed by atoms with van der Waals surface area (Å²) in [5.74, 6) is -2.58. The average molecular weight is 479 g/mol. The van der Waals surface area contributed by atoms with Crippen molar-refractivity contribution in [1.82, 2.24) is 0 Å². The molecule has 4 aliphatic rings. The molecular formula is C25H34O9. The highest BCUT2D eigenvalue weighted by Crippen LogP contribution is 2.55. The van der Waals surface area contributed by atoms with Gasteiger partial charge in [0.2, 0.25) is 0 Å². The fraction of sp³-hybridized carbons (Fsp3) is 0.720. The molecule has 188 valence electrons. The van der Waals surface area contributed by atoms with Gasteiger partial charge in [0.1, 0.15) is 30.0 Å². The van der Waals surface area contributed by atoms with Gasteiger partial charge >= 0.3 is 5.97 Å². The zero-order chi connectivity index (χ0) is 24.4. The number of carbonyl (C=O) groups excluding carboxylic acids is 1. The predicted octanol–water partition coefficient (Wildman–Crippen LogP) is 2.19. The zero-order valence-corrected chi connectivity index (χ0v) is 20.3. The molecule has 4 fully saturated rings. The fourth-order valence-corrected chi connectivity index (χ4v) is 5.98. The van der Waals surface area contributed by atoms with Crippen LogP contribution in [-0.4, -0.2) is 84.7 Å². The van der Waals surface area contributed by atoms with Gasteiger partial charge in [0.15, 0.2) is 23.3 Å². The lowest BCUT2D eigenvalue weighted by Crippen LogP contribution is -2.78. The summed E-state index contributed by atoms with van der Waals surface area (Å²) in [6, 6.07) is 8.74. The summed E-state index contributed by atoms with van der Waals surface area (Å²) in [5.41, 5.74) is -2.28. The van der Waals surface area contributed by atoms with Gasteiger partial charge in [-0.3, -0.25) is 0 Å². The van der Waals surface area contributed by atoms with Crippen LogP contribution >= 0.6 is 0 Å². The average Bonchev–Trinajstić information content (AvgIpc) is 3.33. The van der Waals surface area contributed by atoms with E-state index in [9.17, 15) is 9.90 Å². The maximum atomic E-state index is 13.1. The topological polar surface area (TPSA) is 102 Å². The SMILES string of the molecule is COC1(C2(O)[C@@H]3OC(C)(C)O[C@H]3C(OC(=O)c3ccccc3)[C@@H]3OC(C)(C)O[C@@H]32)CCOCC1. The second-order valence-electron chi connectivity index (χ2n) is 10.4. The number of hydrogen-bond donors (Lipinski definition) is 1. The molecule has 3 heterocycles. The maximum absolute atomic E-state index is 13.1. The molecule has 9 heteroatoms. The van der Waals surface area contributed by atoms with Crippen molar-refractivity contribution < 1.29 is 43.1 Å². The summed E-state index contributed by atoms with van der Waals surface area (Å²) in [5, 5.41) is 12.6. The van der Waals surface area contributed by atoms with Gasteiger partial charge in [-0.2, -0.15) is 0 Å². The first-order chi connectivity index (χ1) is 16.0. The first-order valence-corrected chi connectivity index (χ1v) is 11.8. The molecule has 0 bridgehead atoms. The van der Waals surface area contributed by atoms with Gasteiger partial charge in [-0.05, 0) is 39.8 Å². The smallest absolute Gasteiger partial charge is 0.338 e. The first kappa shape index (κ1) is 24.1. The Morgan fingerprint density at radius 3 is 1.94 bits per heavy atom. The highest BCUT2D eigenvalue weighted by atomic mass is 16.8. The number of fused-ring (bicyclic) bond motifs is 2. The Labute approximate surface area is 199 Å². The van der Waals surface area contributed by atoms with E-state index < -0.39 is 59.3 Å². The van der Waals surface area contributed by atoms with E-state index in [1.54, 1.807) is 59.1 Å². The largest absolute Gasteiger partial charge is 0.453 e. The number of ether oxygens (including phenoxy) is 7. The predicted molar refractivity (Wildman–Crippen MR) is 118 cm³/mol. The normalized spacial score (nSPS) is 39.8. The quantitative estimate of drug-likeness (QED) is 0.653. The molecule has 0 radical (unpaired) electrons. The number of rotatable bonds is 4. The molecule has 2 unspecified atom stereocenters. The second-order valence-corrected chi connectivity index (χ2v) is 10.4. The Balaban J connectivity index is 1.58. The number of carbonyl (C=O) groups is 1. The van der Waals surface area contributed by atoms with Crippen molar-refractivity contribution in [3.63, 3.8) is 0 Å². The molecular weight excluding hydrogens is 444 g/mol. The molecule has 1 aromatic rings. The summed E-state index contributed by atoms with van der Waals surface area (Å²) in [7, 11) is 1.58. The summed E-state index contributed by atoms with van der Waals surface area (Å²) >= 11 is 0. The van der Waals surface area contributed by atoms with Crippen molar-refractivity contribution in [2.24, 2.45) is 0 Å². The molecule has 3 saturated heterocycles. The van der Waals surface area contributed by atoms with Gasteiger partial charge in [-0.1, -0.05) is 18.2 Å². The molecule has 1 saturated carbocycles. The van der Waals surface area contributed by atoms with Gasteiger partial charge in [0.25, 0.3) is 0 Å². The summed E-state index contributed by atoms with van der Waals surface area (Å²) in [6.07, 6.45) is -3.40. The lowest BCUT2D eigenvalue weighted by Gasteiger charge is -2.57. The number of benzene rings is 1. The van der Waals surface area contributed by atoms with Crippen LogP contribution in [0.5, 0.6) is 0 Å². The van der Waals surface area contributed by atoms with Crippen molar-refractivity contribution in [2.45, 2.75) is 93.8 Å². The number of esters is 1. The van der Waals surface area contributed by atoms with Gasteiger partial charge in [0, 0.05) is 33.2 Å². The van der Waals surface area contributed by atoms with Crippen LogP contribution in [0.4, 0.5) is 0 Å². The molecule has 3 aliphatic heterocycles. The molecule has 1 aliphatic carbocycles. The first-order valence-electron chi connectivity index (χ1n) is 11.8. The third kappa shape index (κ3) is 3.69. The summed E-state index contributed by atoms with van der Waals surface area (Å²) in [6.45, 7) is 7.93. The Kier molecular flexibility index (Phi) is 5.84. The molecule has 5 rings (SSSR count). The second kappa shape index (κ2) is 8.23. The molecule has 0 aromatic heterocycles. The molecule has 0 amide bonds. The van der Waals surface area contributed by atoms with E-state index in [0.717, 1.165) is 0 Å². The Morgan fingerprint density at radius 2 is 1.44 bits per heavy atom. The van der Waals surface area contributed by atoms with Crippen LogP contribution in [0.3, 0.4) is 0 Å². The molecule has 34 heavy (non-hydrogen) atoms. The van der Waals surface area contributed by atoms with Crippen LogP contribution < -0.4 is 0 Å². The van der Waals surface area contributed by atoms with Gasteiger partial charge < -0.3 is 38.3 Å². The van der Waals surface area contributed by atoms with Crippen molar-refractivity contribution in [3.05, 3.63) is 35.9 Å². The minimum atomic E-state index is -1.65. The minimum absolute atomic E-state index is 0.408. The van der Waals surface area contributed by atoms with E-state index in [2.05, 4.69) is 0 Å². The van der Waals surface area contributed by atoms with Crippen LogP contribution in [0, 0.1) is 0 Å². The third-order valence-corrected chi connectivity index (χ3v) is 7.45. The van der Waals surface area contributed by atoms with Gasteiger partial charge in [-0.25, -0.2) is 4.79 Å². The van der Waals surface area contributed by atoms with Crippen molar-refractivity contribution in [2.75, 3.05) is 20.3 Å². The van der Waals surface area contributed by atoms with E-state index in [0.29, 0.717) is 31.6 Å². The Hall–Kier alpha value is -1.59. The third-order valence-electron chi connectivity index (χ3n) is 7.45. The molecule has 1 aromatic carbocycles. The fourth-order valence-electron chi connectivity index (χ4n) is 5.98. The number of aliphatic hydroxyl groups is 1.